The van der Waals surface area contributed by atoms with Gasteiger partial charge in [0.1, 0.15) is 17.3 Å². The van der Waals surface area contributed by atoms with Crippen LogP contribution in [-0.2, 0) is 21.5 Å². The van der Waals surface area contributed by atoms with Crippen LogP contribution in [0.3, 0.4) is 0 Å². The van der Waals surface area contributed by atoms with Crippen LogP contribution in [0, 0.1) is 5.82 Å². The summed E-state index contributed by atoms with van der Waals surface area (Å²) in [7, 11) is -3.87. The molecule has 0 aliphatic carbocycles. The van der Waals surface area contributed by atoms with E-state index >= 15 is 0 Å². The van der Waals surface area contributed by atoms with Gasteiger partial charge in [-0.3, -0.25) is 4.98 Å². The topological polar surface area (TPSA) is 81.1 Å². The van der Waals surface area contributed by atoms with E-state index in [2.05, 4.69) is 14.9 Å². The van der Waals surface area contributed by atoms with Gasteiger partial charge in [-0.1, -0.05) is 5.16 Å². The smallest absolute Gasteiger partial charge is 0.406 e. The zero-order valence-electron chi connectivity index (χ0n) is 15.5. The molecule has 162 valence electrons. The van der Waals surface area contributed by atoms with Gasteiger partial charge in [-0.05, 0) is 36.4 Å². The fraction of sp³-hybridized carbons (Fsp3) is 0.333. The number of sulfonamides is 1. The van der Waals surface area contributed by atoms with Crippen LogP contribution >= 0.6 is 0 Å². The molecular formula is C18H17F4N3O4S. The van der Waals surface area contributed by atoms with Crippen LogP contribution in [0.4, 0.5) is 17.6 Å². The summed E-state index contributed by atoms with van der Waals surface area (Å²) in [6.45, 7) is 0.108. The minimum atomic E-state index is -4.85. The number of oxime groups is 1. The van der Waals surface area contributed by atoms with E-state index in [9.17, 15) is 26.0 Å². The van der Waals surface area contributed by atoms with Crippen molar-refractivity contribution < 1.29 is 35.6 Å². The van der Waals surface area contributed by atoms with Crippen LogP contribution in [0.25, 0.3) is 0 Å². The molecule has 0 spiro atoms. The van der Waals surface area contributed by atoms with Crippen LogP contribution in [0.2, 0.25) is 0 Å². The molecule has 0 saturated carbocycles. The molecule has 2 aromatic rings. The number of hydrogen-bond donors (Lipinski definition) is 0. The summed E-state index contributed by atoms with van der Waals surface area (Å²) >= 11 is 0. The highest BCUT2D eigenvalue weighted by Gasteiger charge is 2.32. The molecule has 3 rings (SSSR count). The second-order valence-electron chi connectivity index (χ2n) is 6.29. The molecule has 0 N–H and O–H groups in total. The van der Waals surface area contributed by atoms with E-state index in [0.29, 0.717) is 18.6 Å². The fourth-order valence-electron chi connectivity index (χ4n) is 2.75. The minimum Gasteiger partial charge on any atom is -0.406 e. The van der Waals surface area contributed by atoms with E-state index in [1.54, 1.807) is 0 Å². The van der Waals surface area contributed by atoms with Crippen LogP contribution in [-0.4, -0.2) is 42.9 Å². The summed E-state index contributed by atoms with van der Waals surface area (Å²) in [5.74, 6) is -1.01. The first-order valence-corrected chi connectivity index (χ1v) is 10.2. The maximum Gasteiger partial charge on any atom is 0.573 e. The number of nitrogens with zero attached hydrogens (tertiary/aromatic N) is 3. The number of aromatic nitrogens is 1. The SMILES string of the molecule is O=S(=O)(c1ccc(OC(F)(F)F)cc1)N1CCC(=NOCc2ncccc2F)CC1. The Hall–Kier alpha value is -2.73. The number of alkyl halides is 3. The number of ether oxygens (including phenoxy) is 1. The molecule has 1 aromatic heterocycles. The van der Waals surface area contributed by atoms with Crippen molar-refractivity contribution in [2.75, 3.05) is 13.1 Å². The van der Waals surface area contributed by atoms with E-state index in [0.717, 1.165) is 24.3 Å². The third kappa shape index (κ3) is 5.66. The van der Waals surface area contributed by atoms with Gasteiger partial charge < -0.3 is 9.57 Å². The predicted octanol–water partition coefficient (Wildman–Crippen LogP) is 3.48. The molecule has 2 heterocycles. The van der Waals surface area contributed by atoms with Gasteiger partial charge in [0.05, 0.1) is 10.6 Å². The first-order chi connectivity index (χ1) is 14.1. The Kier molecular flexibility index (Phi) is 6.56. The Morgan fingerprint density at radius 1 is 1.10 bits per heavy atom. The van der Waals surface area contributed by atoms with Crippen LogP contribution in [0.15, 0.2) is 52.6 Å². The molecule has 1 aromatic carbocycles. The lowest BCUT2D eigenvalue weighted by Crippen LogP contribution is -2.38. The molecule has 0 bridgehead atoms. The Morgan fingerprint density at radius 3 is 2.37 bits per heavy atom. The van der Waals surface area contributed by atoms with Crippen molar-refractivity contribution in [3.05, 3.63) is 54.1 Å². The number of piperidine rings is 1. The summed E-state index contributed by atoms with van der Waals surface area (Å²) < 4.78 is 80.4. The van der Waals surface area contributed by atoms with Crippen molar-refractivity contribution in [3.8, 4) is 5.75 Å². The Balaban J connectivity index is 1.56. The minimum absolute atomic E-state index is 0.111. The Bertz CT molecular complexity index is 1000. The molecule has 0 amide bonds. The fourth-order valence-corrected chi connectivity index (χ4v) is 4.19. The van der Waals surface area contributed by atoms with Crippen LogP contribution in [0.1, 0.15) is 18.5 Å². The van der Waals surface area contributed by atoms with E-state index in [1.165, 1.54) is 22.6 Å². The molecule has 0 atom stereocenters. The number of hydrogen-bond acceptors (Lipinski definition) is 6. The number of pyridine rings is 1. The van der Waals surface area contributed by atoms with Crippen molar-refractivity contribution in [1.82, 2.24) is 9.29 Å². The summed E-state index contributed by atoms with van der Waals surface area (Å²) in [4.78, 5) is 8.81. The van der Waals surface area contributed by atoms with Gasteiger partial charge in [-0.15, -0.1) is 13.2 Å². The molecule has 30 heavy (non-hydrogen) atoms. The highest BCUT2D eigenvalue weighted by atomic mass is 32.2. The van der Waals surface area contributed by atoms with E-state index in [-0.39, 0.29) is 30.3 Å². The maximum absolute atomic E-state index is 13.5. The quantitative estimate of drug-likeness (QED) is 0.500. The van der Waals surface area contributed by atoms with Crippen LogP contribution in [0.5, 0.6) is 5.75 Å². The molecule has 12 heteroatoms. The van der Waals surface area contributed by atoms with Crippen LogP contribution < -0.4 is 4.74 Å². The Morgan fingerprint density at radius 2 is 1.77 bits per heavy atom. The van der Waals surface area contributed by atoms with E-state index in [4.69, 9.17) is 4.84 Å². The van der Waals surface area contributed by atoms with Gasteiger partial charge in [0.25, 0.3) is 0 Å². The lowest BCUT2D eigenvalue weighted by atomic mass is 10.1. The lowest BCUT2D eigenvalue weighted by molar-refractivity contribution is -0.274. The summed E-state index contributed by atoms with van der Waals surface area (Å²) in [6, 6.07) is 6.72. The zero-order valence-corrected chi connectivity index (χ0v) is 16.3. The molecule has 1 aliphatic heterocycles. The molecule has 1 fully saturated rings. The average molecular weight is 447 g/mol. The van der Waals surface area contributed by atoms with Crippen molar-refractivity contribution in [2.45, 2.75) is 30.7 Å². The van der Waals surface area contributed by atoms with Gasteiger partial charge in [0.2, 0.25) is 10.0 Å². The molecule has 1 aliphatic rings. The number of rotatable bonds is 6. The molecular weight excluding hydrogens is 430 g/mol. The van der Waals surface area contributed by atoms with Gasteiger partial charge in [0.15, 0.2) is 6.61 Å². The van der Waals surface area contributed by atoms with E-state index < -0.39 is 28.0 Å². The maximum atomic E-state index is 13.5. The van der Waals surface area contributed by atoms with Gasteiger partial charge >= 0.3 is 6.36 Å². The molecule has 0 unspecified atom stereocenters. The first-order valence-electron chi connectivity index (χ1n) is 8.78. The van der Waals surface area contributed by atoms with Crippen molar-refractivity contribution in [2.24, 2.45) is 5.16 Å². The first kappa shape index (κ1) is 22.0. The lowest BCUT2D eigenvalue weighted by Gasteiger charge is -2.26. The molecule has 1 saturated heterocycles. The van der Waals surface area contributed by atoms with Crippen molar-refractivity contribution >= 4 is 15.7 Å². The van der Waals surface area contributed by atoms with E-state index in [1.807, 2.05) is 0 Å². The average Bonchev–Trinajstić information content (AvgIpc) is 2.69. The van der Waals surface area contributed by atoms with Gasteiger partial charge in [-0.2, -0.15) is 4.31 Å². The number of benzene rings is 1. The summed E-state index contributed by atoms with van der Waals surface area (Å²) in [5.41, 5.74) is 0.728. The second kappa shape index (κ2) is 8.96. The normalized spacial score (nSPS) is 15.7. The zero-order chi connectivity index (χ0) is 21.8. The van der Waals surface area contributed by atoms with Crippen molar-refractivity contribution in [3.63, 3.8) is 0 Å². The van der Waals surface area contributed by atoms with Gasteiger partial charge in [0, 0.05) is 32.1 Å². The third-order valence-corrected chi connectivity index (χ3v) is 6.14. The second-order valence-corrected chi connectivity index (χ2v) is 8.22. The highest BCUT2D eigenvalue weighted by molar-refractivity contribution is 7.89. The van der Waals surface area contributed by atoms with Gasteiger partial charge in [-0.25, -0.2) is 12.8 Å². The summed E-state index contributed by atoms with van der Waals surface area (Å²) in [5, 5.41) is 3.92. The summed E-state index contributed by atoms with van der Waals surface area (Å²) in [6.07, 6.45) is -2.81. The highest BCUT2D eigenvalue weighted by Crippen LogP contribution is 2.26. The standard InChI is InChI=1S/C18H17F4N3O4S/c19-16-2-1-9-23-17(16)12-28-24-13-7-10-25(11-8-13)30(26,27)15-5-3-14(4-6-15)29-18(20,21)22/h1-6,9H,7-8,10-12H2. The largest absolute Gasteiger partial charge is 0.573 e. The molecule has 7 nitrogen and oxygen atoms in total. The van der Waals surface area contributed by atoms with Crippen molar-refractivity contribution in [1.29, 1.82) is 0 Å². The predicted molar refractivity (Wildman–Crippen MR) is 97.5 cm³/mol. The Labute approximate surface area is 170 Å². The number of halogens is 4. The molecule has 0 radical (unpaired) electrons. The third-order valence-electron chi connectivity index (χ3n) is 4.22. The monoisotopic (exact) mass is 447 g/mol.